The zero-order valence-electron chi connectivity index (χ0n) is 19.3. The summed E-state index contributed by atoms with van der Waals surface area (Å²) in [7, 11) is 0. The molecule has 5 aromatic rings. The summed E-state index contributed by atoms with van der Waals surface area (Å²) >= 11 is 0. The van der Waals surface area contributed by atoms with Gasteiger partial charge in [0.05, 0.1) is 16.5 Å². The molecule has 0 bridgehead atoms. The Morgan fingerprint density at radius 2 is 1.30 bits per heavy atom. The lowest BCUT2D eigenvalue weighted by molar-refractivity contribution is 0.0724. The van der Waals surface area contributed by atoms with Crippen LogP contribution < -0.4 is 26.4 Å². The second-order valence-corrected chi connectivity index (χ2v) is 8.14. The number of fused-ring (bicyclic) bond motifs is 1. The number of benzene rings is 4. The summed E-state index contributed by atoms with van der Waals surface area (Å²) in [5.74, 6) is -1.54. The normalized spacial score (nSPS) is 10.7. The molecule has 0 fully saturated rings. The Morgan fingerprint density at radius 1 is 0.676 bits per heavy atom. The van der Waals surface area contributed by atoms with Gasteiger partial charge in [-0.05, 0) is 54.6 Å². The summed E-state index contributed by atoms with van der Waals surface area (Å²) < 4.78 is 17.0. The standard InChI is InChI=1S/C29H20N2O6/c30-20-10-4-8-18(14-20)28(33)35-22-12-13-24-23(16-22)25(32)27(26(36-24)17-6-2-1-3-7-17)37-29(34)19-9-5-11-21(31)15-19/h1-16H,30-31H2. The second kappa shape index (κ2) is 9.71. The second-order valence-electron chi connectivity index (χ2n) is 8.14. The maximum absolute atomic E-state index is 13.6. The van der Waals surface area contributed by atoms with E-state index in [0.717, 1.165) is 0 Å². The molecule has 0 aliphatic rings. The van der Waals surface area contributed by atoms with E-state index >= 15 is 0 Å². The molecule has 0 aliphatic heterocycles. The first-order chi connectivity index (χ1) is 17.9. The van der Waals surface area contributed by atoms with Crippen molar-refractivity contribution < 1.29 is 23.5 Å². The van der Waals surface area contributed by atoms with Crippen molar-refractivity contribution in [2.75, 3.05) is 11.5 Å². The van der Waals surface area contributed by atoms with E-state index in [4.69, 9.17) is 25.4 Å². The summed E-state index contributed by atoms with van der Waals surface area (Å²) in [6, 6.07) is 25.7. The molecule has 1 aromatic heterocycles. The highest BCUT2D eigenvalue weighted by Crippen LogP contribution is 2.32. The molecule has 4 aromatic carbocycles. The van der Waals surface area contributed by atoms with E-state index in [0.29, 0.717) is 16.9 Å². The Hall–Kier alpha value is -5.37. The van der Waals surface area contributed by atoms with E-state index in [-0.39, 0.29) is 39.4 Å². The minimum absolute atomic E-state index is 0.0629. The van der Waals surface area contributed by atoms with Crippen molar-refractivity contribution in [3.8, 4) is 22.8 Å². The maximum atomic E-state index is 13.6. The van der Waals surface area contributed by atoms with Crippen LogP contribution in [0.5, 0.6) is 11.5 Å². The van der Waals surface area contributed by atoms with Crippen molar-refractivity contribution in [3.63, 3.8) is 0 Å². The van der Waals surface area contributed by atoms with Crippen LogP contribution in [0.2, 0.25) is 0 Å². The van der Waals surface area contributed by atoms with E-state index < -0.39 is 17.4 Å². The number of rotatable bonds is 5. The predicted octanol–water partition coefficient (Wildman–Crippen LogP) is 5.06. The number of hydrogen-bond acceptors (Lipinski definition) is 8. The van der Waals surface area contributed by atoms with E-state index in [9.17, 15) is 14.4 Å². The molecular formula is C29H20N2O6. The number of hydrogen-bond donors (Lipinski definition) is 2. The molecule has 0 atom stereocenters. The molecule has 37 heavy (non-hydrogen) atoms. The van der Waals surface area contributed by atoms with E-state index in [1.54, 1.807) is 54.6 Å². The molecule has 8 heteroatoms. The molecule has 4 N–H and O–H groups in total. The SMILES string of the molecule is Nc1cccc(C(=O)Oc2ccc3oc(-c4ccccc4)c(OC(=O)c4cccc(N)c4)c(=O)c3c2)c1. The van der Waals surface area contributed by atoms with Crippen LogP contribution in [0.15, 0.2) is 106 Å². The number of esters is 2. The van der Waals surface area contributed by atoms with E-state index in [1.807, 2.05) is 6.07 Å². The average molecular weight is 492 g/mol. The molecule has 5 rings (SSSR count). The van der Waals surface area contributed by atoms with Crippen molar-refractivity contribution in [2.45, 2.75) is 0 Å². The summed E-state index contributed by atoms with van der Waals surface area (Å²) in [5.41, 5.74) is 12.9. The number of nitrogen functional groups attached to an aromatic ring is 2. The molecule has 1 heterocycles. The van der Waals surface area contributed by atoms with Gasteiger partial charge in [0.1, 0.15) is 11.3 Å². The van der Waals surface area contributed by atoms with Crippen LogP contribution in [-0.4, -0.2) is 11.9 Å². The first-order valence-corrected chi connectivity index (χ1v) is 11.2. The van der Waals surface area contributed by atoms with Gasteiger partial charge >= 0.3 is 11.9 Å². The van der Waals surface area contributed by atoms with Crippen LogP contribution in [0.1, 0.15) is 20.7 Å². The van der Waals surface area contributed by atoms with Crippen molar-refractivity contribution in [1.29, 1.82) is 0 Å². The van der Waals surface area contributed by atoms with Crippen LogP contribution in [0, 0.1) is 0 Å². The van der Waals surface area contributed by atoms with Crippen LogP contribution in [-0.2, 0) is 0 Å². The van der Waals surface area contributed by atoms with E-state index in [1.165, 1.54) is 36.4 Å². The lowest BCUT2D eigenvalue weighted by Crippen LogP contribution is -2.16. The summed E-state index contributed by atoms with van der Waals surface area (Å²) in [6.07, 6.45) is 0. The molecule has 8 nitrogen and oxygen atoms in total. The molecule has 0 radical (unpaired) electrons. The highest BCUT2D eigenvalue weighted by atomic mass is 16.5. The third-order valence-corrected chi connectivity index (χ3v) is 5.51. The fourth-order valence-corrected chi connectivity index (χ4v) is 3.74. The first kappa shape index (κ1) is 23.4. The lowest BCUT2D eigenvalue weighted by atomic mass is 10.1. The largest absolute Gasteiger partial charge is 0.452 e. The molecule has 182 valence electrons. The third-order valence-electron chi connectivity index (χ3n) is 5.51. The van der Waals surface area contributed by atoms with Crippen LogP contribution in [0.25, 0.3) is 22.3 Å². The van der Waals surface area contributed by atoms with Gasteiger partial charge in [0.2, 0.25) is 11.2 Å². The average Bonchev–Trinajstić information content (AvgIpc) is 2.91. The van der Waals surface area contributed by atoms with E-state index in [2.05, 4.69) is 0 Å². The summed E-state index contributed by atoms with van der Waals surface area (Å²) in [4.78, 5) is 39.1. The molecule has 0 aliphatic carbocycles. The minimum Gasteiger partial charge on any atom is -0.452 e. The van der Waals surface area contributed by atoms with Gasteiger partial charge in [-0.15, -0.1) is 0 Å². The van der Waals surface area contributed by atoms with Crippen LogP contribution in [0.4, 0.5) is 11.4 Å². The van der Waals surface area contributed by atoms with Gasteiger partial charge in [-0.2, -0.15) is 0 Å². The van der Waals surface area contributed by atoms with Gasteiger partial charge in [-0.25, -0.2) is 9.59 Å². The number of anilines is 2. The summed E-state index contributed by atoms with van der Waals surface area (Å²) in [5, 5.41) is 0.0629. The Labute approximate surface area is 210 Å². The van der Waals surface area contributed by atoms with Gasteiger partial charge in [0.15, 0.2) is 5.76 Å². The van der Waals surface area contributed by atoms with Crippen molar-refractivity contribution in [3.05, 3.63) is 118 Å². The number of nitrogens with two attached hydrogens (primary N) is 2. The molecule has 0 spiro atoms. The van der Waals surface area contributed by atoms with Gasteiger partial charge in [0.25, 0.3) is 0 Å². The molecule has 0 amide bonds. The highest BCUT2D eigenvalue weighted by Gasteiger charge is 2.22. The summed E-state index contributed by atoms with van der Waals surface area (Å²) in [6.45, 7) is 0. The maximum Gasteiger partial charge on any atom is 0.343 e. The van der Waals surface area contributed by atoms with Gasteiger partial charge < -0.3 is 25.4 Å². The number of ether oxygens (including phenoxy) is 2. The monoisotopic (exact) mass is 492 g/mol. The predicted molar refractivity (Wildman–Crippen MR) is 140 cm³/mol. The zero-order valence-corrected chi connectivity index (χ0v) is 19.3. The fraction of sp³-hybridized carbons (Fsp3) is 0. The Morgan fingerprint density at radius 3 is 1.92 bits per heavy atom. The molecule has 0 saturated carbocycles. The van der Waals surface area contributed by atoms with Crippen molar-refractivity contribution >= 4 is 34.3 Å². The van der Waals surface area contributed by atoms with Crippen molar-refractivity contribution in [2.24, 2.45) is 0 Å². The van der Waals surface area contributed by atoms with Gasteiger partial charge in [-0.1, -0.05) is 42.5 Å². The molecule has 0 unspecified atom stereocenters. The fourth-order valence-electron chi connectivity index (χ4n) is 3.74. The Bertz CT molecular complexity index is 1710. The zero-order chi connectivity index (χ0) is 25.9. The number of carbonyl (C=O) groups is 2. The Kier molecular flexibility index (Phi) is 6.13. The van der Waals surface area contributed by atoms with Crippen molar-refractivity contribution in [1.82, 2.24) is 0 Å². The minimum atomic E-state index is -0.777. The smallest absolute Gasteiger partial charge is 0.343 e. The number of carbonyl (C=O) groups excluding carboxylic acids is 2. The van der Waals surface area contributed by atoms with Crippen LogP contribution >= 0.6 is 0 Å². The van der Waals surface area contributed by atoms with Crippen LogP contribution in [0.3, 0.4) is 0 Å². The van der Waals surface area contributed by atoms with Gasteiger partial charge in [-0.3, -0.25) is 4.79 Å². The quantitative estimate of drug-likeness (QED) is 0.197. The molecule has 0 saturated heterocycles. The lowest BCUT2D eigenvalue weighted by Gasteiger charge is -2.12. The first-order valence-electron chi connectivity index (χ1n) is 11.2. The highest BCUT2D eigenvalue weighted by molar-refractivity contribution is 5.94. The topological polar surface area (TPSA) is 135 Å². The Balaban J connectivity index is 1.58. The van der Waals surface area contributed by atoms with Gasteiger partial charge in [0, 0.05) is 16.9 Å². The third kappa shape index (κ3) is 4.89. The molecular weight excluding hydrogens is 472 g/mol.